The normalized spacial score (nSPS) is 10.2. The molecule has 5 nitrogen and oxygen atoms in total. The summed E-state index contributed by atoms with van der Waals surface area (Å²) in [6.45, 7) is -0.112. The second-order valence-corrected chi connectivity index (χ2v) is 5.99. The third-order valence-electron chi connectivity index (χ3n) is 4.19. The Labute approximate surface area is 164 Å². The van der Waals surface area contributed by atoms with E-state index in [0.717, 1.165) is 16.7 Å². The molecule has 0 N–H and O–H groups in total. The number of esters is 1. The summed E-state index contributed by atoms with van der Waals surface area (Å²) in [5.41, 5.74) is 2.66. The standard InChI is InChI=1S/C23H22O5/c1-25-19-12-13-21(26-2)18(14-19)15-28-23(24)16-27-22-11-7-6-10-20(22)17-8-4-3-5-9-17/h3-14H,15-16H2,1-2H3. The number of ether oxygens (including phenoxy) is 4. The zero-order chi connectivity index (χ0) is 19.8. The van der Waals surface area contributed by atoms with Gasteiger partial charge >= 0.3 is 5.97 Å². The average Bonchev–Trinajstić information content (AvgIpc) is 2.76. The summed E-state index contributed by atoms with van der Waals surface area (Å²) in [4.78, 5) is 12.2. The first kappa shape index (κ1) is 19.3. The minimum Gasteiger partial charge on any atom is -0.497 e. The number of hydrogen-bond donors (Lipinski definition) is 0. The first-order chi connectivity index (χ1) is 13.7. The predicted molar refractivity (Wildman–Crippen MR) is 107 cm³/mol. The van der Waals surface area contributed by atoms with Crippen molar-refractivity contribution in [1.29, 1.82) is 0 Å². The molecule has 144 valence electrons. The number of rotatable bonds is 8. The topological polar surface area (TPSA) is 54.0 Å². The molecule has 0 saturated heterocycles. The summed E-state index contributed by atoms with van der Waals surface area (Å²) in [6, 6.07) is 22.8. The van der Waals surface area contributed by atoms with Crippen LogP contribution < -0.4 is 14.2 Å². The molecule has 3 aromatic carbocycles. The van der Waals surface area contributed by atoms with Gasteiger partial charge < -0.3 is 18.9 Å². The molecule has 28 heavy (non-hydrogen) atoms. The van der Waals surface area contributed by atoms with Crippen LogP contribution in [0, 0.1) is 0 Å². The number of hydrogen-bond acceptors (Lipinski definition) is 5. The van der Waals surface area contributed by atoms with Crippen LogP contribution >= 0.6 is 0 Å². The molecule has 0 bridgehead atoms. The van der Waals surface area contributed by atoms with Crippen LogP contribution in [0.2, 0.25) is 0 Å². The Kier molecular flexibility index (Phi) is 6.52. The molecule has 0 aliphatic heterocycles. The molecule has 0 radical (unpaired) electrons. The third kappa shape index (κ3) is 4.82. The maximum absolute atomic E-state index is 12.2. The van der Waals surface area contributed by atoms with Gasteiger partial charge in [-0.2, -0.15) is 0 Å². The van der Waals surface area contributed by atoms with Crippen LogP contribution in [-0.4, -0.2) is 26.8 Å². The summed E-state index contributed by atoms with van der Waals surface area (Å²) in [7, 11) is 3.15. The highest BCUT2D eigenvalue weighted by atomic mass is 16.6. The van der Waals surface area contributed by atoms with Gasteiger partial charge in [0.2, 0.25) is 0 Å². The van der Waals surface area contributed by atoms with Crippen LogP contribution in [0.4, 0.5) is 0 Å². The monoisotopic (exact) mass is 378 g/mol. The summed E-state index contributed by atoms with van der Waals surface area (Å²) in [6.07, 6.45) is 0. The van der Waals surface area contributed by atoms with Crippen molar-refractivity contribution < 1.29 is 23.7 Å². The fraction of sp³-hybridized carbons (Fsp3) is 0.174. The van der Waals surface area contributed by atoms with Gasteiger partial charge in [0, 0.05) is 11.1 Å². The van der Waals surface area contributed by atoms with E-state index in [1.807, 2.05) is 54.6 Å². The van der Waals surface area contributed by atoms with Crippen LogP contribution in [0.25, 0.3) is 11.1 Å². The lowest BCUT2D eigenvalue weighted by Crippen LogP contribution is -2.15. The van der Waals surface area contributed by atoms with E-state index in [1.54, 1.807) is 32.4 Å². The Morgan fingerprint density at radius 2 is 1.57 bits per heavy atom. The zero-order valence-corrected chi connectivity index (χ0v) is 15.9. The molecule has 5 heteroatoms. The Morgan fingerprint density at radius 1 is 0.821 bits per heavy atom. The Morgan fingerprint density at radius 3 is 2.32 bits per heavy atom. The van der Waals surface area contributed by atoms with E-state index < -0.39 is 5.97 Å². The predicted octanol–water partition coefficient (Wildman–Crippen LogP) is 4.49. The first-order valence-corrected chi connectivity index (χ1v) is 8.85. The van der Waals surface area contributed by atoms with Crippen molar-refractivity contribution in [2.45, 2.75) is 6.61 Å². The van der Waals surface area contributed by atoms with Crippen LogP contribution in [-0.2, 0) is 16.1 Å². The molecule has 3 rings (SSSR count). The van der Waals surface area contributed by atoms with E-state index in [9.17, 15) is 4.79 Å². The van der Waals surface area contributed by atoms with E-state index in [2.05, 4.69) is 0 Å². The van der Waals surface area contributed by atoms with Crippen LogP contribution in [0.3, 0.4) is 0 Å². The number of para-hydroxylation sites is 1. The molecule has 0 aliphatic rings. The molecule has 0 amide bonds. The SMILES string of the molecule is COc1ccc(OC)c(COC(=O)COc2ccccc2-c2ccccc2)c1. The van der Waals surface area contributed by atoms with Gasteiger partial charge in [0.05, 0.1) is 14.2 Å². The summed E-state index contributed by atoms with van der Waals surface area (Å²) in [5, 5.41) is 0. The van der Waals surface area contributed by atoms with Crippen molar-refractivity contribution >= 4 is 5.97 Å². The van der Waals surface area contributed by atoms with Crippen LogP contribution in [0.1, 0.15) is 5.56 Å². The minimum atomic E-state index is -0.465. The molecule has 0 heterocycles. The highest BCUT2D eigenvalue weighted by Gasteiger charge is 2.11. The smallest absolute Gasteiger partial charge is 0.344 e. The van der Waals surface area contributed by atoms with Gasteiger partial charge in [-0.05, 0) is 29.8 Å². The lowest BCUT2D eigenvalue weighted by Gasteiger charge is -2.13. The highest BCUT2D eigenvalue weighted by molar-refractivity contribution is 5.73. The summed E-state index contributed by atoms with van der Waals surface area (Å²) >= 11 is 0. The van der Waals surface area contributed by atoms with Crippen LogP contribution in [0.5, 0.6) is 17.2 Å². The van der Waals surface area contributed by atoms with Crippen molar-refractivity contribution in [3.05, 3.63) is 78.4 Å². The van der Waals surface area contributed by atoms with Crippen molar-refractivity contribution in [3.8, 4) is 28.4 Å². The fourth-order valence-electron chi connectivity index (χ4n) is 2.78. The van der Waals surface area contributed by atoms with E-state index in [-0.39, 0.29) is 13.2 Å². The second kappa shape index (κ2) is 9.46. The molecule has 0 aromatic heterocycles. The molecular formula is C23H22O5. The fourth-order valence-corrected chi connectivity index (χ4v) is 2.78. The molecule has 0 fully saturated rings. The highest BCUT2D eigenvalue weighted by Crippen LogP contribution is 2.29. The lowest BCUT2D eigenvalue weighted by atomic mass is 10.1. The van der Waals surface area contributed by atoms with Gasteiger partial charge in [-0.25, -0.2) is 4.79 Å². The van der Waals surface area contributed by atoms with Crippen LogP contribution in [0.15, 0.2) is 72.8 Å². The number of carbonyl (C=O) groups is 1. The largest absolute Gasteiger partial charge is 0.497 e. The van der Waals surface area contributed by atoms with E-state index in [0.29, 0.717) is 17.2 Å². The Hall–Kier alpha value is -3.47. The van der Waals surface area contributed by atoms with Gasteiger partial charge in [0.1, 0.15) is 23.9 Å². The van der Waals surface area contributed by atoms with Crippen molar-refractivity contribution in [2.24, 2.45) is 0 Å². The summed E-state index contributed by atoms with van der Waals surface area (Å²) < 4.78 is 21.5. The van der Waals surface area contributed by atoms with Crippen molar-refractivity contribution in [3.63, 3.8) is 0 Å². The van der Waals surface area contributed by atoms with Crippen molar-refractivity contribution in [1.82, 2.24) is 0 Å². The molecule has 0 aliphatic carbocycles. The van der Waals surface area contributed by atoms with Gasteiger partial charge in [0.15, 0.2) is 6.61 Å². The Bertz CT molecular complexity index is 921. The molecule has 0 spiro atoms. The van der Waals surface area contributed by atoms with Gasteiger partial charge in [-0.3, -0.25) is 0 Å². The Balaban J connectivity index is 1.62. The molecule has 0 atom stereocenters. The lowest BCUT2D eigenvalue weighted by molar-refractivity contribution is -0.147. The van der Waals surface area contributed by atoms with E-state index in [4.69, 9.17) is 18.9 Å². The molecule has 0 saturated carbocycles. The molecular weight excluding hydrogens is 356 g/mol. The maximum atomic E-state index is 12.2. The molecule has 0 unspecified atom stereocenters. The number of carbonyl (C=O) groups excluding carboxylic acids is 1. The second-order valence-electron chi connectivity index (χ2n) is 5.99. The van der Waals surface area contributed by atoms with E-state index >= 15 is 0 Å². The first-order valence-electron chi connectivity index (χ1n) is 8.85. The minimum absolute atomic E-state index is 0.0723. The number of methoxy groups -OCH3 is 2. The zero-order valence-electron chi connectivity index (χ0n) is 15.9. The average molecular weight is 378 g/mol. The maximum Gasteiger partial charge on any atom is 0.344 e. The van der Waals surface area contributed by atoms with Gasteiger partial charge in [-0.15, -0.1) is 0 Å². The quantitative estimate of drug-likeness (QED) is 0.541. The number of benzene rings is 3. The van der Waals surface area contributed by atoms with Crippen molar-refractivity contribution in [2.75, 3.05) is 20.8 Å². The summed E-state index contributed by atoms with van der Waals surface area (Å²) in [5.74, 6) is 1.46. The van der Waals surface area contributed by atoms with E-state index in [1.165, 1.54) is 0 Å². The van der Waals surface area contributed by atoms with Gasteiger partial charge in [0.25, 0.3) is 0 Å². The third-order valence-corrected chi connectivity index (χ3v) is 4.19. The van der Waals surface area contributed by atoms with Gasteiger partial charge in [-0.1, -0.05) is 48.5 Å². The molecule has 3 aromatic rings.